The van der Waals surface area contributed by atoms with Crippen LogP contribution in [-0.4, -0.2) is 87.4 Å². The Morgan fingerprint density at radius 1 is 0.348 bits per heavy atom. The second kappa shape index (κ2) is 70.1. The number of likely N-dealkylation sites (N-methyl/N-ethyl adjacent to an activating group) is 1. The monoisotopic (exact) mass is 1250 g/mol. The van der Waals surface area contributed by atoms with Crippen LogP contribution in [0.5, 0.6) is 0 Å². The number of rotatable bonds is 69. The Bertz CT molecular complexity index is 1790. The number of ether oxygens (including phenoxy) is 4. The Morgan fingerprint density at radius 3 is 0.966 bits per heavy atom. The van der Waals surface area contributed by atoms with Gasteiger partial charge in [0.25, 0.3) is 6.29 Å². The summed E-state index contributed by atoms with van der Waals surface area (Å²) in [7, 11) is 5.97. The van der Waals surface area contributed by atoms with Gasteiger partial charge in [-0.2, -0.15) is 0 Å². The lowest BCUT2D eigenvalue weighted by Gasteiger charge is -2.25. The van der Waals surface area contributed by atoms with Crippen LogP contribution in [0.15, 0.2) is 97.2 Å². The number of hydrogen-bond donors (Lipinski definition) is 1. The summed E-state index contributed by atoms with van der Waals surface area (Å²) in [6, 6.07) is 0. The molecule has 0 radical (unpaired) electrons. The van der Waals surface area contributed by atoms with Crippen molar-refractivity contribution in [3.63, 3.8) is 0 Å². The summed E-state index contributed by atoms with van der Waals surface area (Å²) in [5.41, 5.74) is 0. The molecule has 0 aliphatic rings. The van der Waals surface area contributed by atoms with Crippen LogP contribution in [0.3, 0.4) is 0 Å². The third kappa shape index (κ3) is 71.5. The lowest BCUT2D eigenvalue weighted by Crippen LogP contribution is -2.40. The molecule has 9 heteroatoms. The molecule has 0 rings (SSSR count). The second-order valence-corrected chi connectivity index (χ2v) is 26.2. The number of nitrogens with zero attached hydrogens (tertiary/aromatic N) is 1. The van der Waals surface area contributed by atoms with E-state index in [1.807, 2.05) is 21.1 Å². The molecule has 0 bridgehead atoms. The molecular weight excluding hydrogens is 1100 g/mol. The van der Waals surface area contributed by atoms with Crippen LogP contribution >= 0.6 is 0 Å². The van der Waals surface area contributed by atoms with Crippen molar-refractivity contribution in [3.05, 3.63) is 97.2 Å². The first-order valence-corrected chi connectivity index (χ1v) is 37.4. The van der Waals surface area contributed by atoms with Crippen LogP contribution in [-0.2, 0) is 33.3 Å². The van der Waals surface area contributed by atoms with E-state index in [0.29, 0.717) is 23.9 Å². The molecule has 2 atom stereocenters. The molecule has 0 aromatic carbocycles. The van der Waals surface area contributed by atoms with Crippen LogP contribution in [0.25, 0.3) is 0 Å². The normalized spacial score (nSPS) is 13.2. The summed E-state index contributed by atoms with van der Waals surface area (Å²) in [5, 5.41) is 9.75. The van der Waals surface area contributed by atoms with Crippen molar-refractivity contribution >= 4 is 17.9 Å². The van der Waals surface area contributed by atoms with Gasteiger partial charge in [-0.1, -0.05) is 323 Å². The summed E-state index contributed by atoms with van der Waals surface area (Å²) in [5.74, 6) is -2.02. The Hall–Kier alpha value is -3.79. The van der Waals surface area contributed by atoms with Crippen LogP contribution < -0.4 is 0 Å². The molecule has 0 aliphatic heterocycles. The number of carbonyl (C=O) groups is 3. The van der Waals surface area contributed by atoms with Gasteiger partial charge in [0.05, 0.1) is 34.4 Å². The first-order valence-electron chi connectivity index (χ1n) is 37.4. The van der Waals surface area contributed by atoms with Crippen molar-refractivity contribution in [2.24, 2.45) is 0 Å². The number of esters is 2. The van der Waals surface area contributed by atoms with Crippen molar-refractivity contribution in [1.29, 1.82) is 0 Å². The van der Waals surface area contributed by atoms with Gasteiger partial charge >= 0.3 is 17.9 Å². The predicted octanol–water partition coefficient (Wildman–Crippen LogP) is 23.6. The molecule has 0 saturated heterocycles. The summed E-state index contributed by atoms with van der Waals surface area (Å²) in [4.78, 5) is 37.7. The predicted molar refractivity (Wildman–Crippen MR) is 382 cm³/mol. The van der Waals surface area contributed by atoms with E-state index in [9.17, 15) is 19.5 Å². The maximum absolute atomic E-state index is 12.9. The Balaban J connectivity index is 4.06. The number of quaternary nitrogens is 1. The largest absolute Gasteiger partial charge is 0.477 e. The number of unbranched alkanes of at least 4 members (excludes halogenated alkanes) is 38. The molecule has 0 aromatic rings. The van der Waals surface area contributed by atoms with E-state index in [2.05, 4.69) is 111 Å². The molecule has 1 N–H and O–H groups in total. The average molecular weight is 1250 g/mol. The van der Waals surface area contributed by atoms with Gasteiger partial charge in [-0.25, -0.2) is 4.79 Å². The fourth-order valence-corrected chi connectivity index (χ4v) is 10.6. The second-order valence-electron chi connectivity index (χ2n) is 26.2. The Labute approximate surface area is 550 Å². The molecule has 514 valence electrons. The maximum atomic E-state index is 12.9. The van der Waals surface area contributed by atoms with Crippen molar-refractivity contribution in [1.82, 2.24) is 0 Å². The average Bonchev–Trinajstić information content (AvgIpc) is 3.64. The highest BCUT2D eigenvalue weighted by molar-refractivity contribution is 5.71. The minimum Gasteiger partial charge on any atom is -0.477 e. The minimum atomic E-state index is -1.52. The number of allylic oxidation sites excluding steroid dienone is 16. The number of aliphatic carboxylic acids is 1. The molecule has 0 spiro atoms. The van der Waals surface area contributed by atoms with Crippen molar-refractivity contribution < 1.29 is 42.9 Å². The van der Waals surface area contributed by atoms with E-state index in [1.54, 1.807) is 0 Å². The van der Waals surface area contributed by atoms with E-state index in [0.717, 1.165) is 96.3 Å². The minimum absolute atomic E-state index is 0.180. The Kier molecular flexibility index (Phi) is 67.1. The quantitative estimate of drug-likeness (QED) is 0.0211. The molecule has 89 heavy (non-hydrogen) atoms. The number of carboxylic acids is 1. The van der Waals surface area contributed by atoms with Gasteiger partial charge in [0.2, 0.25) is 0 Å². The molecule has 9 nitrogen and oxygen atoms in total. The highest BCUT2D eigenvalue weighted by Gasteiger charge is 2.25. The zero-order valence-electron chi connectivity index (χ0n) is 58.8. The summed E-state index contributed by atoms with van der Waals surface area (Å²) >= 11 is 0. The van der Waals surface area contributed by atoms with Gasteiger partial charge in [-0.15, -0.1) is 0 Å². The van der Waals surface area contributed by atoms with Crippen molar-refractivity contribution in [3.8, 4) is 0 Å². The van der Waals surface area contributed by atoms with Crippen LogP contribution in [0, 0.1) is 0 Å². The van der Waals surface area contributed by atoms with Gasteiger partial charge in [0, 0.05) is 12.8 Å². The first kappa shape index (κ1) is 85.2. The van der Waals surface area contributed by atoms with E-state index >= 15 is 0 Å². The third-order valence-corrected chi connectivity index (χ3v) is 16.3. The topological polar surface area (TPSA) is 108 Å². The fraction of sp³-hybridized carbons (Fsp3) is 0.762. The molecule has 0 aliphatic carbocycles. The van der Waals surface area contributed by atoms with E-state index in [1.165, 1.54) is 205 Å². The zero-order chi connectivity index (χ0) is 64.7. The van der Waals surface area contributed by atoms with E-state index < -0.39 is 24.3 Å². The van der Waals surface area contributed by atoms with Gasteiger partial charge in [0.15, 0.2) is 6.10 Å². The molecule has 0 heterocycles. The molecule has 0 fully saturated rings. The fourth-order valence-electron chi connectivity index (χ4n) is 10.6. The summed E-state index contributed by atoms with van der Waals surface area (Å²) in [6.07, 6.45) is 94.1. The lowest BCUT2D eigenvalue weighted by molar-refractivity contribution is -0.870. The summed E-state index contributed by atoms with van der Waals surface area (Å²) < 4.78 is 23.0. The first-order chi connectivity index (χ1) is 43.6. The maximum Gasteiger partial charge on any atom is 0.361 e. The lowest BCUT2D eigenvalue weighted by atomic mass is 10.0. The van der Waals surface area contributed by atoms with Crippen molar-refractivity contribution in [2.45, 2.75) is 347 Å². The van der Waals surface area contributed by atoms with Gasteiger partial charge in [-0.05, 0) is 96.3 Å². The molecular formula is C80H142NO8+. The number of carboxylic acid groups (broad SMARTS) is 1. The standard InChI is InChI=1S/C80H141NO8/c1-6-8-10-12-14-16-18-20-22-24-26-28-30-32-34-35-36-37-38-39-40-41-42-43-45-46-48-50-52-54-56-58-60-62-64-66-68-70-77(82)87-74-76(75-88-80(79(84)85)86-73-72-81(3,4)5)89-78(83)71-69-67-65-63-61-59-57-55-53-51-49-47-44-33-31-29-27-25-23-21-19-17-15-13-11-9-7-2/h9,11,15,17,21,23-24,26-27,29,33,44,49,51,55,57,76,80H,6-8,10,12-14,16,18-20,22,25,28,30-32,34-43,45-48,50,52-54,56,58-75H2,1-5H3/p+1/b11-9-,17-15-,23-21-,26-24-,29-27-,44-33-,51-49-,57-55-. The van der Waals surface area contributed by atoms with Crippen molar-refractivity contribution in [2.75, 3.05) is 47.5 Å². The number of hydrogen-bond acceptors (Lipinski definition) is 7. The Morgan fingerprint density at radius 2 is 0.640 bits per heavy atom. The third-order valence-electron chi connectivity index (χ3n) is 16.3. The SMILES string of the molecule is CC/C=C\C/C=C\C/C=C\C/C=C\C/C=C\C/C=C\C/C=C\CCCCCCCC(=O)OC(COC(=O)CCCCCCCCCCCCCCCCCCCCCCCCCCC/C=C\CCCCCCCCCC)COC(OCC[N+](C)(C)C)C(=O)O. The van der Waals surface area contributed by atoms with E-state index in [4.69, 9.17) is 18.9 Å². The molecule has 2 unspecified atom stereocenters. The molecule has 0 amide bonds. The zero-order valence-corrected chi connectivity index (χ0v) is 58.8. The van der Waals surface area contributed by atoms with Crippen LogP contribution in [0.2, 0.25) is 0 Å². The number of carbonyl (C=O) groups excluding carboxylic acids is 2. The van der Waals surface area contributed by atoms with Gasteiger partial charge in [-0.3, -0.25) is 9.59 Å². The molecule has 0 aromatic heterocycles. The van der Waals surface area contributed by atoms with Gasteiger partial charge < -0.3 is 28.5 Å². The van der Waals surface area contributed by atoms with Crippen LogP contribution in [0.4, 0.5) is 0 Å². The molecule has 0 saturated carbocycles. The smallest absolute Gasteiger partial charge is 0.361 e. The van der Waals surface area contributed by atoms with Crippen LogP contribution in [0.1, 0.15) is 335 Å². The highest BCUT2D eigenvalue weighted by Crippen LogP contribution is 2.18. The highest BCUT2D eigenvalue weighted by atomic mass is 16.7. The van der Waals surface area contributed by atoms with E-state index in [-0.39, 0.29) is 32.2 Å². The summed E-state index contributed by atoms with van der Waals surface area (Å²) in [6.45, 7) is 4.77. The van der Waals surface area contributed by atoms with Gasteiger partial charge in [0.1, 0.15) is 13.2 Å².